The highest BCUT2D eigenvalue weighted by Crippen LogP contribution is 2.14. The number of amides is 1. The molecule has 0 aliphatic carbocycles. The molecular formula is C29H22FN3O3. The largest absolute Gasteiger partial charge is 0.336 e. The third kappa shape index (κ3) is 4.72. The second-order valence-corrected chi connectivity index (χ2v) is 8.41. The van der Waals surface area contributed by atoms with Crippen molar-refractivity contribution < 1.29 is 9.18 Å². The van der Waals surface area contributed by atoms with Crippen LogP contribution in [0.1, 0.15) is 11.1 Å². The van der Waals surface area contributed by atoms with E-state index in [2.05, 4.69) is 5.32 Å². The van der Waals surface area contributed by atoms with Crippen molar-refractivity contribution in [2.75, 3.05) is 5.32 Å². The molecule has 1 heterocycles. The fourth-order valence-electron chi connectivity index (χ4n) is 4.15. The highest BCUT2D eigenvalue weighted by Gasteiger charge is 2.15. The van der Waals surface area contributed by atoms with Crippen molar-refractivity contribution in [3.63, 3.8) is 0 Å². The standard InChI is InChI=1S/C29H22FN3O3/c30-22-12-14-23(15-13-22)31-27(34)18-20-10-16-24(17-11-20)33-28(35)25-8-4-5-9-26(25)32(29(33)36)19-21-6-2-1-3-7-21/h1-17H,18-19H2,(H,31,34). The van der Waals surface area contributed by atoms with Gasteiger partial charge in [-0.25, -0.2) is 13.8 Å². The van der Waals surface area contributed by atoms with Gasteiger partial charge in [0.25, 0.3) is 5.56 Å². The van der Waals surface area contributed by atoms with Crippen LogP contribution in [0.5, 0.6) is 0 Å². The molecule has 1 aromatic heterocycles. The lowest BCUT2D eigenvalue weighted by Gasteiger charge is -2.14. The zero-order chi connectivity index (χ0) is 25.1. The minimum absolute atomic E-state index is 0.0858. The van der Waals surface area contributed by atoms with E-state index in [4.69, 9.17) is 0 Å². The Kier molecular flexibility index (Phi) is 6.28. The summed E-state index contributed by atoms with van der Waals surface area (Å²) in [6.45, 7) is 0.322. The van der Waals surface area contributed by atoms with Crippen LogP contribution in [0.3, 0.4) is 0 Å². The Balaban J connectivity index is 1.47. The number of halogens is 1. The number of hydrogen-bond acceptors (Lipinski definition) is 3. The third-order valence-electron chi connectivity index (χ3n) is 5.92. The topological polar surface area (TPSA) is 73.1 Å². The number of para-hydroxylation sites is 1. The fraction of sp³-hybridized carbons (Fsp3) is 0.0690. The van der Waals surface area contributed by atoms with Crippen LogP contribution in [0.15, 0.2) is 113 Å². The van der Waals surface area contributed by atoms with Crippen molar-refractivity contribution in [2.45, 2.75) is 13.0 Å². The second kappa shape index (κ2) is 9.84. The molecule has 6 nitrogen and oxygen atoms in total. The summed E-state index contributed by atoms with van der Waals surface area (Å²) in [7, 11) is 0. The van der Waals surface area contributed by atoms with E-state index >= 15 is 0 Å². The molecule has 0 aliphatic rings. The molecular weight excluding hydrogens is 457 g/mol. The average Bonchev–Trinajstić information content (AvgIpc) is 2.89. The van der Waals surface area contributed by atoms with Gasteiger partial charge in [-0.05, 0) is 59.7 Å². The molecule has 0 unspecified atom stereocenters. The van der Waals surface area contributed by atoms with E-state index in [1.165, 1.54) is 24.3 Å². The van der Waals surface area contributed by atoms with E-state index in [-0.39, 0.29) is 18.1 Å². The van der Waals surface area contributed by atoms with Gasteiger partial charge in [-0.1, -0.05) is 54.6 Å². The predicted octanol–water partition coefficient (Wildman–Crippen LogP) is 4.52. The first-order valence-corrected chi connectivity index (χ1v) is 11.4. The van der Waals surface area contributed by atoms with E-state index in [9.17, 15) is 18.8 Å². The van der Waals surface area contributed by atoms with Gasteiger partial charge < -0.3 is 5.32 Å². The molecule has 36 heavy (non-hydrogen) atoms. The van der Waals surface area contributed by atoms with Gasteiger partial charge in [-0.3, -0.25) is 14.2 Å². The number of carbonyl (C=O) groups is 1. The van der Waals surface area contributed by atoms with E-state index in [1.54, 1.807) is 53.1 Å². The minimum Gasteiger partial charge on any atom is -0.326 e. The first-order valence-electron chi connectivity index (χ1n) is 11.4. The second-order valence-electron chi connectivity index (χ2n) is 8.41. The summed E-state index contributed by atoms with van der Waals surface area (Å²) < 4.78 is 15.8. The smallest absolute Gasteiger partial charge is 0.326 e. The molecule has 0 spiro atoms. The van der Waals surface area contributed by atoms with Crippen molar-refractivity contribution in [2.24, 2.45) is 0 Å². The van der Waals surface area contributed by atoms with Gasteiger partial charge in [0.2, 0.25) is 5.91 Å². The van der Waals surface area contributed by atoms with Crippen molar-refractivity contribution in [3.05, 3.63) is 141 Å². The van der Waals surface area contributed by atoms with E-state index in [1.807, 2.05) is 30.3 Å². The molecule has 7 heteroatoms. The van der Waals surface area contributed by atoms with Crippen LogP contribution in [0, 0.1) is 5.82 Å². The van der Waals surface area contributed by atoms with Crippen molar-refractivity contribution in [1.29, 1.82) is 0 Å². The molecule has 0 bridgehead atoms. The molecule has 0 atom stereocenters. The molecule has 1 amide bonds. The quantitative estimate of drug-likeness (QED) is 0.389. The summed E-state index contributed by atoms with van der Waals surface area (Å²) in [5, 5.41) is 3.16. The Bertz CT molecular complexity index is 1660. The van der Waals surface area contributed by atoms with E-state index in [0.717, 1.165) is 10.1 Å². The Morgan fingerprint density at radius 1 is 0.750 bits per heavy atom. The Hall–Kier alpha value is -4.78. The maximum absolute atomic E-state index is 13.5. The van der Waals surface area contributed by atoms with Crippen LogP contribution in [0.4, 0.5) is 10.1 Å². The maximum Gasteiger partial charge on any atom is 0.336 e. The zero-order valence-corrected chi connectivity index (χ0v) is 19.2. The van der Waals surface area contributed by atoms with E-state index in [0.29, 0.717) is 34.4 Å². The van der Waals surface area contributed by atoms with Gasteiger partial charge in [-0.2, -0.15) is 0 Å². The summed E-state index contributed by atoms with van der Waals surface area (Å²) in [5.41, 5.74) is 2.29. The van der Waals surface area contributed by atoms with Crippen molar-refractivity contribution in [1.82, 2.24) is 9.13 Å². The molecule has 0 saturated heterocycles. The lowest BCUT2D eigenvalue weighted by atomic mass is 10.1. The van der Waals surface area contributed by atoms with Crippen molar-refractivity contribution >= 4 is 22.5 Å². The number of anilines is 1. The highest BCUT2D eigenvalue weighted by atomic mass is 19.1. The van der Waals surface area contributed by atoms with Crippen LogP contribution in [0.2, 0.25) is 0 Å². The Morgan fingerprint density at radius 3 is 2.14 bits per heavy atom. The highest BCUT2D eigenvalue weighted by molar-refractivity contribution is 5.92. The van der Waals surface area contributed by atoms with Crippen LogP contribution < -0.4 is 16.6 Å². The monoisotopic (exact) mass is 479 g/mol. The molecule has 5 rings (SSSR count). The van der Waals surface area contributed by atoms with Crippen LogP contribution in [0.25, 0.3) is 16.6 Å². The first kappa shape index (κ1) is 23.0. The normalized spacial score (nSPS) is 10.9. The van der Waals surface area contributed by atoms with Gasteiger partial charge in [0, 0.05) is 5.69 Å². The van der Waals surface area contributed by atoms with Gasteiger partial charge in [0.15, 0.2) is 0 Å². The van der Waals surface area contributed by atoms with Crippen LogP contribution in [-0.2, 0) is 17.8 Å². The summed E-state index contributed by atoms with van der Waals surface area (Å²) in [5.74, 6) is -0.641. The number of nitrogens with one attached hydrogen (secondary N) is 1. The van der Waals surface area contributed by atoms with Gasteiger partial charge >= 0.3 is 5.69 Å². The number of fused-ring (bicyclic) bond motifs is 1. The minimum atomic E-state index is -0.440. The first-order chi connectivity index (χ1) is 17.5. The summed E-state index contributed by atoms with van der Waals surface area (Å²) in [4.78, 5) is 39.2. The number of rotatable bonds is 6. The van der Waals surface area contributed by atoms with Crippen LogP contribution >= 0.6 is 0 Å². The molecule has 1 N–H and O–H groups in total. The summed E-state index contributed by atoms with van der Waals surface area (Å²) in [6, 6.07) is 28.9. The molecule has 4 aromatic carbocycles. The van der Waals surface area contributed by atoms with Crippen molar-refractivity contribution in [3.8, 4) is 5.69 Å². The van der Waals surface area contributed by atoms with Gasteiger partial charge in [0.05, 0.1) is 29.6 Å². The third-order valence-corrected chi connectivity index (χ3v) is 5.92. The zero-order valence-electron chi connectivity index (χ0n) is 19.2. The summed E-state index contributed by atoms with van der Waals surface area (Å²) >= 11 is 0. The number of hydrogen-bond donors (Lipinski definition) is 1. The Morgan fingerprint density at radius 2 is 1.42 bits per heavy atom. The molecule has 0 saturated carbocycles. The number of carbonyl (C=O) groups excluding carboxylic acids is 1. The van der Waals surface area contributed by atoms with E-state index < -0.39 is 11.2 Å². The number of aromatic nitrogens is 2. The maximum atomic E-state index is 13.5. The SMILES string of the molecule is O=C(Cc1ccc(-n2c(=O)c3ccccc3n(Cc3ccccc3)c2=O)cc1)Nc1ccc(F)cc1. The average molecular weight is 480 g/mol. The summed E-state index contributed by atoms with van der Waals surface area (Å²) in [6.07, 6.45) is 0.0858. The molecule has 0 fully saturated rings. The van der Waals surface area contributed by atoms with Gasteiger partial charge in [0.1, 0.15) is 5.82 Å². The molecule has 178 valence electrons. The molecule has 0 radical (unpaired) electrons. The lowest BCUT2D eigenvalue weighted by Crippen LogP contribution is -2.39. The number of nitrogens with zero attached hydrogens (tertiary/aromatic N) is 2. The molecule has 5 aromatic rings. The molecule has 0 aliphatic heterocycles. The predicted molar refractivity (Wildman–Crippen MR) is 138 cm³/mol. The number of benzene rings is 4. The lowest BCUT2D eigenvalue weighted by molar-refractivity contribution is -0.115. The fourth-order valence-corrected chi connectivity index (χ4v) is 4.15. The van der Waals surface area contributed by atoms with Gasteiger partial charge in [-0.15, -0.1) is 0 Å². The van der Waals surface area contributed by atoms with Crippen LogP contribution in [-0.4, -0.2) is 15.0 Å². The Labute approximate surface area is 205 Å².